The van der Waals surface area contributed by atoms with E-state index < -0.39 is 48.8 Å². The van der Waals surface area contributed by atoms with Crippen LogP contribution in [0.25, 0.3) is 11.2 Å². The second-order valence-electron chi connectivity index (χ2n) is 7.32. The number of fused-ring (bicyclic) bond motifs is 1. The molecule has 1 aliphatic heterocycles. The number of carbonyl (C=O) groups is 2. The molecule has 164 valence electrons. The largest absolute Gasteiger partial charge is 0.449 e. The number of rotatable bonds is 6. The topological polar surface area (TPSA) is 139 Å². The molecule has 0 unspecified atom stereocenters. The van der Waals surface area contributed by atoms with Gasteiger partial charge in [-0.25, -0.2) is 4.98 Å². The minimum atomic E-state index is -4.97. The van der Waals surface area contributed by atoms with E-state index in [2.05, 4.69) is 20.3 Å². The first-order chi connectivity index (χ1) is 14.0. The number of anilines is 1. The van der Waals surface area contributed by atoms with Gasteiger partial charge < -0.3 is 9.84 Å². The van der Waals surface area contributed by atoms with Crippen molar-refractivity contribution in [1.29, 1.82) is 0 Å². The van der Waals surface area contributed by atoms with E-state index in [-0.39, 0.29) is 35.4 Å². The quantitative estimate of drug-likeness (QED) is 0.623. The fourth-order valence-corrected chi connectivity index (χ4v) is 3.18. The lowest BCUT2D eigenvalue weighted by atomic mass is 9.94. The lowest BCUT2D eigenvalue weighted by Gasteiger charge is -2.15. The lowest BCUT2D eigenvalue weighted by molar-refractivity contribution is -0.172. The Morgan fingerprint density at radius 3 is 2.73 bits per heavy atom. The van der Waals surface area contributed by atoms with Crippen molar-refractivity contribution >= 4 is 28.8 Å². The van der Waals surface area contributed by atoms with Gasteiger partial charge in [0.05, 0.1) is 19.0 Å². The number of imidazole rings is 1. The molecule has 0 radical (unpaired) electrons. The predicted octanol–water partition coefficient (Wildman–Crippen LogP) is 1.13. The van der Waals surface area contributed by atoms with E-state index in [1.165, 1.54) is 10.9 Å². The zero-order valence-electron chi connectivity index (χ0n) is 16.1. The maximum atomic E-state index is 12.6. The molecule has 3 rings (SSSR count). The average Bonchev–Trinajstić information content (AvgIpc) is 3.24. The van der Waals surface area contributed by atoms with Gasteiger partial charge in [0.25, 0.3) is 5.56 Å². The predicted molar refractivity (Wildman–Crippen MR) is 96.4 cm³/mol. The number of aliphatic hydroxyl groups is 1. The molecular weight excluding hydrogens is 411 g/mol. The van der Waals surface area contributed by atoms with Gasteiger partial charge in [-0.15, -0.1) is 0 Å². The van der Waals surface area contributed by atoms with Gasteiger partial charge in [0.1, 0.15) is 6.23 Å². The number of Topliss-reactive ketones (excluding diaryl/α,β-unsaturated/α-hetero) is 1. The number of alkyl halides is 3. The molecule has 2 aromatic heterocycles. The summed E-state index contributed by atoms with van der Waals surface area (Å²) in [5.74, 6) is -3.65. The van der Waals surface area contributed by atoms with E-state index in [9.17, 15) is 32.7 Å². The van der Waals surface area contributed by atoms with Crippen LogP contribution in [0.2, 0.25) is 0 Å². The summed E-state index contributed by atoms with van der Waals surface area (Å²) in [6, 6.07) is 0. The Kier molecular flexibility index (Phi) is 5.94. The number of ketones is 1. The molecule has 0 bridgehead atoms. The molecule has 1 aliphatic rings. The number of hydrogen-bond acceptors (Lipinski definition) is 7. The third-order valence-corrected chi connectivity index (χ3v) is 4.81. The van der Waals surface area contributed by atoms with Gasteiger partial charge in [-0.05, 0) is 12.3 Å². The molecule has 10 nitrogen and oxygen atoms in total. The van der Waals surface area contributed by atoms with E-state index in [0.717, 1.165) is 0 Å². The normalized spacial score (nSPS) is 22.0. The summed E-state index contributed by atoms with van der Waals surface area (Å²) in [6.07, 6.45) is -6.50. The third kappa shape index (κ3) is 4.36. The number of ether oxygens (including phenoxy) is 1. The number of H-pyrrole nitrogens is 1. The summed E-state index contributed by atoms with van der Waals surface area (Å²) in [4.78, 5) is 46.0. The van der Waals surface area contributed by atoms with Crippen LogP contribution >= 0.6 is 0 Å². The number of halogens is 3. The molecule has 1 fully saturated rings. The highest BCUT2D eigenvalue weighted by Crippen LogP contribution is 2.38. The van der Waals surface area contributed by atoms with Gasteiger partial charge in [-0.3, -0.25) is 29.3 Å². The summed E-state index contributed by atoms with van der Waals surface area (Å²) < 4.78 is 44.8. The number of hydrogen-bond donors (Lipinski definition) is 3. The molecule has 3 N–H and O–H groups in total. The van der Waals surface area contributed by atoms with E-state index in [4.69, 9.17) is 4.74 Å². The molecule has 1 saturated heterocycles. The number of aromatic amines is 1. The van der Waals surface area contributed by atoms with Crippen LogP contribution in [0.15, 0.2) is 11.1 Å². The van der Waals surface area contributed by atoms with Crippen LogP contribution in [-0.2, 0) is 14.3 Å². The molecule has 2 aromatic rings. The summed E-state index contributed by atoms with van der Waals surface area (Å²) in [5, 5.41) is 11.9. The molecule has 0 spiro atoms. The standard InChI is InChI=1S/C17H20F3N5O5/c1-7(2)14(28)23-16-22-13-12(15(29)24-16)21-6-25(13)11-4-8(9(5-26)30-11)3-10(27)17(18,19)20/h6-9,11,26H,3-5H2,1-2H3,(H2,22,23,24,28,29)/t8-,9+,11+/m0/s1. The zero-order valence-corrected chi connectivity index (χ0v) is 16.1. The summed E-state index contributed by atoms with van der Waals surface area (Å²) in [6.45, 7) is 2.72. The lowest BCUT2D eigenvalue weighted by Crippen LogP contribution is -2.29. The summed E-state index contributed by atoms with van der Waals surface area (Å²) in [7, 11) is 0. The highest BCUT2D eigenvalue weighted by molar-refractivity contribution is 5.91. The molecule has 3 heterocycles. The number of aliphatic hydroxyl groups excluding tert-OH is 1. The highest BCUT2D eigenvalue weighted by atomic mass is 19.4. The summed E-state index contributed by atoms with van der Waals surface area (Å²) >= 11 is 0. The van der Waals surface area contributed by atoms with Crippen molar-refractivity contribution in [3.05, 3.63) is 16.7 Å². The first-order valence-electron chi connectivity index (χ1n) is 9.15. The highest BCUT2D eigenvalue weighted by Gasteiger charge is 2.44. The van der Waals surface area contributed by atoms with E-state index in [1.54, 1.807) is 13.8 Å². The van der Waals surface area contributed by atoms with Crippen LogP contribution < -0.4 is 10.9 Å². The second-order valence-corrected chi connectivity index (χ2v) is 7.32. The van der Waals surface area contributed by atoms with Gasteiger partial charge in [0, 0.05) is 12.3 Å². The molecule has 0 aromatic carbocycles. The fraction of sp³-hybridized carbons (Fsp3) is 0.588. The van der Waals surface area contributed by atoms with Crippen LogP contribution in [0.5, 0.6) is 0 Å². The molecule has 13 heteroatoms. The monoisotopic (exact) mass is 431 g/mol. The Balaban J connectivity index is 1.89. The maximum Gasteiger partial charge on any atom is 0.449 e. The Morgan fingerprint density at radius 2 is 2.13 bits per heavy atom. The van der Waals surface area contributed by atoms with Gasteiger partial charge in [-0.1, -0.05) is 13.8 Å². The molecule has 0 aliphatic carbocycles. The Hall–Kier alpha value is -2.80. The first-order valence-corrected chi connectivity index (χ1v) is 9.15. The van der Waals surface area contributed by atoms with Crippen molar-refractivity contribution < 1.29 is 32.6 Å². The van der Waals surface area contributed by atoms with Crippen molar-refractivity contribution in [3.8, 4) is 0 Å². The van der Waals surface area contributed by atoms with Crippen LogP contribution in [0.4, 0.5) is 19.1 Å². The smallest absolute Gasteiger partial charge is 0.394 e. The van der Waals surface area contributed by atoms with Crippen molar-refractivity contribution in [1.82, 2.24) is 19.5 Å². The number of carbonyl (C=O) groups excluding carboxylic acids is 2. The zero-order chi connectivity index (χ0) is 22.2. The second kappa shape index (κ2) is 8.14. The molecule has 1 amide bonds. The number of aromatic nitrogens is 4. The van der Waals surface area contributed by atoms with Crippen molar-refractivity contribution in [2.24, 2.45) is 11.8 Å². The number of amides is 1. The average molecular weight is 431 g/mol. The van der Waals surface area contributed by atoms with Gasteiger partial charge >= 0.3 is 6.18 Å². The van der Waals surface area contributed by atoms with Crippen LogP contribution in [-0.4, -0.2) is 55.2 Å². The fourth-order valence-electron chi connectivity index (χ4n) is 3.18. The third-order valence-electron chi connectivity index (χ3n) is 4.81. The number of nitrogens with zero attached hydrogens (tertiary/aromatic N) is 3. The Morgan fingerprint density at radius 1 is 1.43 bits per heavy atom. The first kappa shape index (κ1) is 21.9. The maximum absolute atomic E-state index is 12.6. The van der Waals surface area contributed by atoms with E-state index in [0.29, 0.717) is 0 Å². The van der Waals surface area contributed by atoms with Gasteiger partial charge in [0.2, 0.25) is 17.6 Å². The Bertz CT molecular complexity index is 1020. The van der Waals surface area contributed by atoms with Crippen molar-refractivity contribution in [3.63, 3.8) is 0 Å². The molecule has 0 saturated carbocycles. The van der Waals surface area contributed by atoms with Crippen molar-refractivity contribution in [2.75, 3.05) is 11.9 Å². The number of nitrogens with one attached hydrogen (secondary N) is 2. The van der Waals surface area contributed by atoms with Crippen LogP contribution in [0.1, 0.15) is 32.9 Å². The van der Waals surface area contributed by atoms with Gasteiger partial charge in [-0.2, -0.15) is 18.2 Å². The minimum Gasteiger partial charge on any atom is -0.394 e. The van der Waals surface area contributed by atoms with Crippen molar-refractivity contribution in [2.45, 2.75) is 45.2 Å². The molecule has 3 atom stereocenters. The van der Waals surface area contributed by atoms with Gasteiger partial charge in [0.15, 0.2) is 11.2 Å². The molecular formula is C17H20F3N5O5. The van der Waals surface area contributed by atoms with Crippen LogP contribution in [0, 0.1) is 11.8 Å². The van der Waals surface area contributed by atoms with E-state index in [1.807, 2.05) is 0 Å². The molecule has 30 heavy (non-hydrogen) atoms. The Labute approximate surface area is 167 Å². The SMILES string of the molecule is CC(C)C(=O)Nc1nc2c(ncn2[C@H]2C[C@H](CC(=O)C(F)(F)F)[C@@H](CO)O2)c(=O)[nH]1. The minimum absolute atomic E-state index is 0.0271. The summed E-state index contributed by atoms with van der Waals surface area (Å²) in [5.41, 5.74) is -0.642. The van der Waals surface area contributed by atoms with E-state index >= 15 is 0 Å². The van der Waals surface area contributed by atoms with Crippen LogP contribution in [0.3, 0.4) is 0 Å².